The number of nitrogens with one attached hydrogen (secondary N) is 2. The normalized spacial score (nSPS) is 56.5. The number of rotatable bonds is 2. The van der Waals surface area contributed by atoms with Crippen LogP contribution in [-0.2, 0) is 9.59 Å². The Morgan fingerprint density at radius 2 is 1.55 bits per heavy atom. The van der Waals surface area contributed by atoms with Gasteiger partial charge in [-0.25, -0.2) is 0 Å². The highest BCUT2D eigenvalue weighted by Gasteiger charge is 2.61. The van der Waals surface area contributed by atoms with Crippen molar-refractivity contribution in [2.24, 2.45) is 58.2 Å². The molecule has 4 bridgehead atoms. The molecule has 1 heterocycles. The van der Waals surface area contributed by atoms with Gasteiger partial charge in [-0.05, 0) is 129 Å². The summed E-state index contributed by atoms with van der Waals surface area (Å²) in [6.45, 7) is 4.96. The molecule has 2 N–H and O–H groups in total. The van der Waals surface area contributed by atoms with Gasteiger partial charge in [-0.3, -0.25) is 9.59 Å². The summed E-state index contributed by atoms with van der Waals surface area (Å²) in [5.41, 5.74) is 0.442. The Bertz CT molecular complexity index is 827. The van der Waals surface area contributed by atoms with E-state index in [2.05, 4.69) is 24.5 Å². The SMILES string of the molecule is C[C@]12CCC(=O)N[C@@H]1CC[C@@H]1[C@@H]2CC[C@]2(C)[C@@H](C(=O)NC3C4CC5CC(C4)CC3C5)CC[C@@H]12. The molecule has 8 rings (SSSR count). The number of piperidine rings is 1. The molecule has 7 atom stereocenters. The van der Waals surface area contributed by atoms with E-state index >= 15 is 0 Å². The summed E-state index contributed by atoms with van der Waals surface area (Å²) in [5, 5.41) is 7.06. The van der Waals surface area contributed by atoms with Crippen LogP contribution >= 0.6 is 0 Å². The van der Waals surface area contributed by atoms with Crippen LogP contribution in [0.15, 0.2) is 0 Å². The topological polar surface area (TPSA) is 58.2 Å². The largest absolute Gasteiger partial charge is 0.353 e. The first-order valence-corrected chi connectivity index (χ1v) is 14.4. The van der Waals surface area contributed by atoms with Gasteiger partial charge in [0.2, 0.25) is 11.8 Å². The molecule has 33 heavy (non-hydrogen) atoms. The zero-order chi connectivity index (χ0) is 22.5. The van der Waals surface area contributed by atoms with Crippen molar-refractivity contribution in [3.8, 4) is 0 Å². The van der Waals surface area contributed by atoms with Gasteiger partial charge in [0.05, 0.1) is 0 Å². The van der Waals surface area contributed by atoms with Crippen LogP contribution < -0.4 is 10.6 Å². The molecule has 182 valence electrons. The Labute approximate surface area is 199 Å². The molecule has 4 heteroatoms. The molecular formula is C29H44N2O2. The molecule has 7 saturated carbocycles. The quantitative estimate of drug-likeness (QED) is 0.615. The predicted octanol–water partition coefficient (Wildman–Crippen LogP) is 5.06. The zero-order valence-electron chi connectivity index (χ0n) is 20.8. The van der Waals surface area contributed by atoms with E-state index in [4.69, 9.17) is 0 Å². The van der Waals surface area contributed by atoms with E-state index in [9.17, 15) is 9.59 Å². The summed E-state index contributed by atoms with van der Waals surface area (Å²) >= 11 is 0. The van der Waals surface area contributed by atoms with Crippen LogP contribution in [-0.4, -0.2) is 23.9 Å². The molecule has 0 aromatic carbocycles. The predicted molar refractivity (Wildman–Crippen MR) is 128 cm³/mol. The monoisotopic (exact) mass is 452 g/mol. The third-order valence-corrected chi connectivity index (χ3v) is 12.9. The Kier molecular flexibility index (Phi) is 4.65. The number of hydrogen-bond acceptors (Lipinski definition) is 2. The van der Waals surface area contributed by atoms with Crippen molar-refractivity contribution in [1.82, 2.24) is 10.6 Å². The molecule has 0 radical (unpaired) electrons. The minimum Gasteiger partial charge on any atom is -0.353 e. The molecule has 8 fully saturated rings. The third kappa shape index (κ3) is 3.00. The van der Waals surface area contributed by atoms with Gasteiger partial charge in [0.15, 0.2) is 0 Å². The molecule has 4 nitrogen and oxygen atoms in total. The second kappa shape index (κ2) is 7.23. The lowest BCUT2D eigenvalue weighted by Crippen LogP contribution is -2.61. The first-order valence-electron chi connectivity index (χ1n) is 14.4. The number of hydrogen-bond donors (Lipinski definition) is 2. The molecule has 0 unspecified atom stereocenters. The van der Waals surface area contributed by atoms with Crippen molar-refractivity contribution >= 4 is 11.8 Å². The van der Waals surface area contributed by atoms with Crippen molar-refractivity contribution in [1.29, 1.82) is 0 Å². The molecule has 0 spiro atoms. The van der Waals surface area contributed by atoms with Gasteiger partial charge >= 0.3 is 0 Å². The van der Waals surface area contributed by atoms with Gasteiger partial charge in [-0.15, -0.1) is 0 Å². The Balaban J connectivity index is 1.08. The fourth-order valence-corrected chi connectivity index (χ4v) is 11.6. The van der Waals surface area contributed by atoms with Crippen molar-refractivity contribution in [2.45, 2.75) is 109 Å². The minimum absolute atomic E-state index is 0.179. The molecule has 0 aromatic heterocycles. The van der Waals surface area contributed by atoms with Crippen LogP contribution in [0.5, 0.6) is 0 Å². The van der Waals surface area contributed by atoms with E-state index in [0.29, 0.717) is 30.3 Å². The second-order valence-electron chi connectivity index (χ2n) is 14.2. The Morgan fingerprint density at radius 3 is 2.27 bits per heavy atom. The van der Waals surface area contributed by atoms with Gasteiger partial charge in [-0.1, -0.05) is 13.8 Å². The summed E-state index contributed by atoms with van der Waals surface area (Å²) in [6, 6.07) is 0.853. The Hall–Kier alpha value is -1.06. The van der Waals surface area contributed by atoms with E-state index in [0.717, 1.165) is 54.8 Å². The first kappa shape index (κ1) is 21.2. The highest BCUT2D eigenvalue weighted by atomic mass is 16.2. The second-order valence-corrected chi connectivity index (χ2v) is 14.2. The van der Waals surface area contributed by atoms with Crippen molar-refractivity contribution in [2.75, 3.05) is 0 Å². The van der Waals surface area contributed by atoms with E-state index in [1.807, 2.05) is 0 Å². The van der Waals surface area contributed by atoms with E-state index in [-0.39, 0.29) is 22.7 Å². The van der Waals surface area contributed by atoms with Crippen LogP contribution in [0.4, 0.5) is 0 Å². The molecule has 8 aliphatic rings. The zero-order valence-corrected chi connectivity index (χ0v) is 20.8. The average Bonchev–Trinajstić information content (AvgIpc) is 3.13. The van der Waals surface area contributed by atoms with Crippen LogP contribution in [0.1, 0.15) is 97.3 Å². The standard InChI is InChI=1S/C29H44N2O2/c1-28-9-7-22-20(3-6-24-29(22,2)10-8-25(32)30-24)21(28)4-5-23(28)27(33)31-26-18-12-16-11-17(14-18)15-19(26)13-16/h16-24,26H,3-15H2,1-2H3,(H,30,32)(H,31,33)/t16?,17?,18?,19?,20-,21-,22-,23+,24+,26?,28-,29+/m0/s1. The lowest BCUT2D eigenvalue weighted by atomic mass is 9.47. The summed E-state index contributed by atoms with van der Waals surface area (Å²) in [7, 11) is 0. The molecule has 1 saturated heterocycles. The van der Waals surface area contributed by atoms with E-state index < -0.39 is 0 Å². The summed E-state index contributed by atoms with van der Waals surface area (Å²) in [5.74, 6) is 6.53. The molecule has 0 aromatic rings. The third-order valence-electron chi connectivity index (χ3n) is 12.9. The molecule has 7 aliphatic carbocycles. The van der Waals surface area contributed by atoms with E-state index in [1.54, 1.807) is 0 Å². The molecular weight excluding hydrogens is 408 g/mol. The molecule has 2 amide bonds. The van der Waals surface area contributed by atoms with Crippen LogP contribution in [0.2, 0.25) is 0 Å². The lowest BCUT2D eigenvalue weighted by molar-refractivity contribution is -0.143. The fraction of sp³-hybridized carbons (Fsp3) is 0.931. The minimum atomic E-state index is 0.179. The first-order chi connectivity index (χ1) is 15.8. The van der Waals surface area contributed by atoms with Crippen LogP contribution in [0, 0.1) is 58.2 Å². The highest BCUT2D eigenvalue weighted by molar-refractivity contribution is 5.80. The maximum absolute atomic E-state index is 13.8. The van der Waals surface area contributed by atoms with Gasteiger partial charge in [0.25, 0.3) is 0 Å². The van der Waals surface area contributed by atoms with Crippen molar-refractivity contribution < 1.29 is 9.59 Å². The fourth-order valence-electron chi connectivity index (χ4n) is 11.6. The molecule has 1 aliphatic heterocycles. The number of carbonyl (C=O) groups excluding carboxylic acids is 2. The summed E-state index contributed by atoms with van der Waals surface area (Å²) in [6.07, 6.45) is 15.9. The van der Waals surface area contributed by atoms with Gasteiger partial charge in [0.1, 0.15) is 0 Å². The smallest absolute Gasteiger partial charge is 0.223 e. The summed E-state index contributed by atoms with van der Waals surface area (Å²) in [4.78, 5) is 25.9. The average molecular weight is 453 g/mol. The van der Waals surface area contributed by atoms with Crippen LogP contribution in [0.25, 0.3) is 0 Å². The lowest BCUT2D eigenvalue weighted by Gasteiger charge is -2.60. The van der Waals surface area contributed by atoms with E-state index in [1.165, 1.54) is 57.8 Å². The van der Waals surface area contributed by atoms with Gasteiger partial charge in [-0.2, -0.15) is 0 Å². The Morgan fingerprint density at radius 1 is 0.848 bits per heavy atom. The number of carbonyl (C=O) groups is 2. The van der Waals surface area contributed by atoms with Crippen LogP contribution in [0.3, 0.4) is 0 Å². The maximum Gasteiger partial charge on any atom is 0.223 e. The number of fused-ring (bicyclic) bond motifs is 5. The number of amides is 2. The van der Waals surface area contributed by atoms with Gasteiger partial charge < -0.3 is 10.6 Å². The maximum atomic E-state index is 13.8. The summed E-state index contributed by atoms with van der Waals surface area (Å²) < 4.78 is 0. The highest BCUT2D eigenvalue weighted by Crippen LogP contribution is 2.65. The van der Waals surface area contributed by atoms with Gasteiger partial charge in [0, 0.05) is 24.4 Å². The van der Waals surface area contributed by atoms with Crippen molar-refractivity contribution in [3.05, 3.63) is 0 Å². The van der Waals surface area contributed by atoms with Crippen molar-refractivity contribution in [3.63, 3.8) is 0 Å².